The number of amides is 1. The number of rotatable bonds is 4. The number of benzene rings is 2. The number of Topliss-reactive ketones (excluding diaryl/α,β-unsaturated/α-hetero) is 1. The van der Waals surface area contributed by atoms with Gasteiger partial charge in [0.2, 0.25) is 0 Å². The molecule has 0 spiro atoms. The van der Waals surface area contributed by atoms with Crippen molar-refractivity contribution in [3.63, 3.8) is 0 Å². The molecule has 1 amide bonds. The van der Waals surface area contributed by atoms with E-state index < -0.39 is 5.91 Å². The summed E-state index contributed by atoms with van der Waals surface area (Å²) in [6.07, 6.45) is 0. The largest absolute Gasteiger partial charge is 0.365 e. The van der Waals surface area contributed by atoms with E-state index >= 15 is 0 Å². The minimum Gasteiger partial charge on any atom is -0.365 e. The number of carbonyl (C=O) groups is 2. The average molecular weight is 321 g/mol. The fourth-order valence-electron chi connectivity index (χ4n) is 2.48. The van der Waals surface area contributed by atoms with Crippen LogP contribution in [0.15, 0.2) is 60.0 Å². The average Bonchev–Trinajstić information content (AvgIpc) is 3.05. The zero-order valence-electron chi connectivity index (χ0n) is 12.6. The fraction of sp³-hybridized carbons (Fsp3) is 0.0526. The third-order valence-corrected chi connectivity index (χ3v) is 4.63. The number of ketones is 1. The molecule has 2 aromatic carbocycles. The van der Waals surface area contributed by atoms with Gasteiger partial charge in [-0.25, -0.2) is 0 Å². The van der Waals surface area contributed by atoms with Gasteiger partial charge in [0.05, 0.1) is 4.88 Å². The summed E-state index contributed by atoms with van der Waals surface area (Å²) in [5.74, 6) is -0.363. The third kappa shape index (κ3) is 3.07. The van der Waals surface area contributed by atoms with Crippen LogP contribution in [0.1, 0.15) is 27.0 Å². The second-order valence-electron chi connectivity index (χ2n) is 5.24. The molecule has 2 N–H and O–H groups in total. The molecule has 0 bridgehead atoms. The van der Waals surface area contributed by atoms with Gasteiger partial charge in [0.25, 0.3) is 5.91 Å². The molecule has 0 radical (unpaired) electrons. The van der Waals surface area contributed by atoms with Gasteiger partial charge in [-0.15, -0.1) is 11.3 Å². The van der Waals surface area contributed by atoms with E-state index in [1.54, 1.807) is 6.92 Å². The number of thiophene rings is 1. The normalized spacial score (nSPS) is 10.5. The molecule has 114 valence electrons. The van der Waals surface area contributed by atoms with Crippen LogP contribution in [-0.4, -0.2) is 11.7 Å². The number of hydrogen-bond donors (Lipinski definition) is 1. The first kappa shape index (κ1) is 15.2. The minimum absolute atomic E-state index is 0.0498. The van der Waals surface area contributed by atoms with Crippen molar-refractivity contribution in [2.75, 3.05) is 0 Å². The summed E-state index contributed by atoms with van der Waals surface area (Å²) in [5, 5.41) is 1.93. The highest BCUT2D eigenvalue weighted by molar-refractivity contribution is 7.12. The highest BCUT2D eigenvalue weighted by Crippen LogP contribution is 2.34. The van der Waals surface area contributed by atoms with Gasteiger partial charge in [-0.05, 0) is 40.6 Å². The zero-order valence-corrected chi connectivity index (χ0v) is 13.4. The van der Waals surface area contributed by atoms with Gasteiger partial charge in [-0.2, -0.15) is 0 Å². The van der Waals surface area contributed by atoms with E-state index in [9.17, 15) is 9.59 Å². The number of carbonyl (C=O) groups excluding carboxylic acids is 2. The molecule has 3 nitrogen and oxygen atoms in total. The Bertz CT molecular complexity index is 878. The summed E-state index contributed by atoms with van der Waals surface area (Å²) in [4.78, 5) is 23.3. The maximum absolute atomic E-state index is 11.4. The summed E-state index contributed by atoms with van der Waals surface area (Å²) >= 11 is 1.34. The number of hydrogen-bond acceptors (Lipinski definition) is 3. The molecule has 0 aliphatic rings. The first-order chi connectivity index (χ1) is 11.1. The number of primary amides is 1. The van der Waals surface area contributed by atoms with Gasteiger partial charge in [-0.1, -0.05) is 48.5 Å². The summed E-state index contributed by atoms with van der Waals surface area (Å²) < 4.78 is 0. The molecule has 0 fully saturated rings. The van der Waals surface area contributed by atoms with Gasteiger partial charge in [0, 0.05) is 5.56 Å². The SMILES string of the molecule is CC(=O)c1ccc(-c2ccccc2-c2csc(C(N)=O)c2)cc1. The van der Waals surface area contributed by atoms with Crippen molar-refractivity contribution < 1.29 is 9.59 Å². The Balaban J connectivity index is 2.06. The molecule has 0 unspecified atom stereocenters. The van der Waals surface area contributed by atoms with Gasteiger partial charge in [-0.3, -0.25) is 9.59 Å². The Morgan fingerprint density at radius 1 is 0.913 bits per heavy atom. The lowest BCUT2D eigenvalue weighted by molar-refractivity contribution is 0.0999. The van der Waals surface area contributed by atoms with E-state index in [1.165, 1.54) is 11.3 Å². The van der Waals surface area contributed by atoms with Crippen LogP contribution in [0.2, 0.25) is 0 Å². The molecule has 1 aromatic heterocycles. The van der Waals surface area contributed by atoms with Crippen LogP contribution in [-0.2, 0) is 0 Å². The molecule has 3 rings (SSSR count). The zero-order chi connectivity index (χ0) is 16.4. The Labute approximate surface area is 138 Å². The summed E-state index contributed by atoms with van der Waals surface area (Å²) in [6, 6.07) is 17.3. The van der Waals surface area contributed by atoms with E-state index in [4.69, 9.17) is 5.73 Å². The highest BCUT2D eigenvalue weighted by atomic mass is 32.1. The second-order valence-corrected chi connectivity index (χ2v) is 6.15. The maximum Gasteiger partial charge on any atom is 0.258 e. The third-order valence-electron chi connectivity index (χ3n) is 3.68. The molecule has 4 heteroatoms. The molecular formula is C19H15NO2S. The monoisotopic (exact) mass is 321 g/mol. The Kier molecular flexibility index (Phi) is 4.08. The van der Waals surface area contributed by atoms with Crippen molar-refractivity contribution in [1.82, 2.24) is 0 Å². The van der Waals surface area contributed by atoms with Crippen LogP contribution in [0.3, 0.4) is 0 Å². The van der Waals surface area contributed by atoms with Crippen molar-refractivity contribution in [3.8, 4) is 22.3 Å². The van der Waals surface area contributed by atoms with E-state index in [-0.39, 0.29) is 5.78 Å². The van der Waals surface area contributed by atoms with Crippen LogP contribution in [0, 0.1) is 0 Å². The van der Waals surface area contributed by atoms with Crippen molar-refractivity contribution >= 4 is 23.0 Å². The Hall–Kier alpha value is -2.72. The molecule has 0 aliphatic heterocycles. The van der Waals surface area contributed by atoms with Crippen LogP contribution >= 0.6 is 11.3 Å². The van der Waals surface area contributed by atoms with E-state index in [1.807, 2.05) is 60.0 Å². The quantitative estimate of drug-likeness (QED) is 0.725. The van der Waals surface area contributed by atoms with Crippen LogP contribution in [0.4, 0.5) is 0 Å². The van der Waals surface area contributed by atoms with Crippen LogP contribution in [0.5, 0.6) is 0 Å². The first-order valence-corrected chi connectivity index (χ1v) is 8.03. The van der Waals surface area contributed by atoms with E-state index in [0.29, 0.717) is 10.4 Å². The minimum atomic E-state index is -0.412. The van der Waals surface area contributed by atoms with Crippen molar-refractivity contribution in [1.29, 1.82) is 0 Å². The van der Waals surface area contributed by atoms with E-state index in [2.05, 4.69) is 0 Å². The summed E-state index contributed by atoms with van der Waals surface area (Å²) in [7, 11) is 0. The highest BCUT2D eigenvalue weighted by Gasteiger charge is 2.11. The Morgan fingerprint density at radius 3 is 2.04 bits per heavy atom. The van der Waals surface area contributed by atoms with Gasteiger partial charge >= 0.3 is 0 Å². The summed E-state index contributed by atoms with van der Waals surface area (Å²) in [5.41, 5.74) is 10.1. The van der Waals surface area contributed by atoms with Crippen LogP contribution in [0.25, 0.3) is 22.3 Å². The lowest BCUT2D eigenvalue weighted by Crippen LogP contribution is -2.08. The molecule has 0 aliphatic carbocycles. The lowest BCUT2D eigenvalue weighted by atomic mass is 9.95. The smallest absolute Gasteiger partial charge is 0.258 e. The van der Waals surface area contributed by atoms with E-state index in [0.717, 1.165) is 22.3 Å². The fourth-order valence-corrected chi connectivity index (χ4v) is 3.24. The maximum atomic E-state index is 11.4. The van der Waals surface area contributed by atoms with Crippen molar-refractivity contribution in [2.45, 2.75) is 6.92 Å². The first-order valence-electron chi connectivity index (χ1n) is 7.15. The van der Waals surface area contributed by atoms with Gasteiger partial charge in [0.1, 0.15) is 0 Å². The molecule has 0 saturated carbocycles. The molecular weight excluding hydrogens is 306 g/mol. The topological polar surface area (TPSA) is 60.2 Å². The predicted molar refractivity (Wildman–Crippen MR) is 93.7 cm³/mol. The Morgan fingerprint density at radius 2 is 1.52 bits per heavy atom. The molecule has 23 heavy (non-hydrogen) atoms. The second kappa shape index (κ2) is 6.18. The predicted octanol–water partition coefficient (Wildman–Crippen LogP) is 4.38. The number of nitrogens with two attached hydrogens (primary N) is 1. The molecule has 3 aromatic rings. The molecule has 0 atom stereocenters. The molecule has 1 heterocycles. The lowest BCUT2D eigenvalue weighted by Gasteiger charge is -2.09. The van der Waals surface area contributed by atoms with Crippen molar-refractivity contribution in [2.24, 2.45) is 5.73 Å². The van der Waals surface area contributed by atoms with Gasteiger partial charge < -0.3 is 5.73 Å². The molecule has 0 saturated heterocycles. The van der Waals surface area contributed by atoms with Gasteiger partial charge in [0.15, 0.2) is 5.78 Å². The van der Waals surface area contributed by atoms with Crippen LogP contribution < -0.4 is 5.73 Å². The summed E-state index contributed by atoms with van der Waals surface area (Å²) in [6.45, 7) is 1.56. The van der Waals surface area contributed by atoms with Crippen molar-refractivity contribution in [3.05, 3.63) is 70.4 Å². The standard InChI is InChI=1S/C19H15NO2S/c1-12(21)13-6-8-14(9-7-13)16-4-2-3-5-17(16)15-10-18(19(20)22)23-11-15/h2-11H,1H3,(H2,20,22).